The predicted octanol–water partition coefficient (Wildman–Crippen LogP) is 7.34. The van der Waals surface area contributed by atoms with Gasteiger partial charge in [0.25, 0.3) is 10.0 Å². The molecule has 1 unspecified atom stereocenters. The minimum Gasteiger partial charge on any atom is -0.352 e. The van der Waals surface area contributed by atoms with Gasteiger partial charge in [-0.25, -0.2) is 8.42 Å². The Morgan fingerprint density at radius 1 is 0.932 bits per heavy atom. The van der Waals surface area contributed by atoms with Gasteiger partial charge in [-0.2, -0.15) is 13.2 Å². The van der Waals surface area contributed by atoms with Crippen LogP contribution in [0.25, 0.3) is 0 Å². The summed E-state index contributed by atoms with van der Waals surface area (Å²) >= 11 is 18.0. The van der Waals surface area contributed by atoms with E-state index in [-0.39, 0.29) is 27.5 Å². The summed E-state index contributed by atoms with van der Waals surface area (Å²) in [5.41, 5.74) is -1.21. The number of anilines is 1. The molecule has 1 fully saturated rings. The van der Waals surface area contributed by atoms with Crippen molar-refractivity contribution in [3.63, 3.8) is 0 Å². The highest BCUT2D eigenvalue weighted by Crippen LogP contribution is 2.38. The summed E-state index contributed by atoms with van der Waals surface area (Å²) < 4.78 is 69.6. The average Bonchev–Trinajstić information content (AvgIpc) is 3.49. The van der Waals surface area contributed by atoms with Gasteiger partial charge in [0, 0.05) is 12.6 Å². The van der Waals surface area contributed by atoms with Crippen LogP contribution in [0.5, 0.6) is 0 Å². The zero-order chi connectivity index (χ0) is 32.2. The molecule has 7 nitrogen and oxygen atoms in total. The molecule has 2 amide bonds. The molecule has 3 aromatic carbocycles. The highest BCUT2D eigenvalue weighted by molar-refractivity contribution is 7.92. The van der Waals surface area contributed by atoms with Crippen molar-refractivity contribution in [1.82, 2.24) is 10.2 Å². The molecule has 14 heteroatoms. The van der Waals surface area contributed by atoms with E-state index in [1.165, 1.54) is 43.3 Å². The summed E-state index contributed by atoms with van der Waals surface area (Å²) in [4.78, 5) is 28.2. The van der Waals surface area contributed by atoms with Crippen LogP contribution in [0.4, 0.5) is 18.9 Å². The first kappa shape index (κ1) is 33.9. The van der Waals surface area contributed by atoms with Crippen LogP contribution in [0.15, 0.2) is 71.6 Å². The molecule has 1 aliphatic carbocycles. The molecule has 1 atom stereocenters. The maximum atomic E-state index is 14.0. The monoisotopic (exact) mass is 689 g/mol. The zero-order valence-corrected chi connectivity index (χ0v) is 26.5. The number of hydrogen-bond donors (Lipinski definition) is 1. The SMILES string of the molecule is CC(C(=O)NC1CCCC1)N(Cc1ccc(Cl)c(Cl)c1)C(=O)CN(c1ccc(Cl)c(C(F)(F)F)c1)S(=O)(=O)c1ccccc1. The van der Waals surface area contributed by atoms with E-state index in [2.05, 4.69) is 5.32 Å². The first-order valence-electron chi connectivity index (χ1n) is 13.7. The molecule has 0 aromatic heterocycles. The predicted molar refractivity (Wildman–Crippen MR) is 164 cm³/mol. The Hall–Kier alpha value is -2.99. The molecular formula is C30H29Cl3F3N3O4S. The number of benzene rings is 3. The molecule has 236 valence electrons. The lowest BCUT2D eigenvalue weighted by Gasteiger charge is -2.32. The quantitative estimate of drug-likeness (QED) is 0.241. The Bertz CT molecular complexity index is 1620. The van der Waals surface area contributed by atoms with Crippen molar-refractivity contribution in [2.75, 3.05) is 10.8 Å². The number of hydrogen-bond acceptors (Lipinski definition) is 4. The molecular weight excluding hydrogens is 662 g/mol. The van der Waals surface area contributed by atoms with Gasteiger partial charge in [-0.15, -0.1) is 0 Å². The number of halogens is 6. The summed E-state index contributed by atoms with van der Waals surface area (Å²) in [5, 5.41) is 2.77. The standard InChI is InChI=1S/C30H29Cl3F3N3O4S/c1-19(29(41)37-21-7-5-6-8-21)38(17-20-11-13-26(32)27(33)15-20)28(40)18-39(44(42,43)23-9-3-2-4-10-23)22-12-14-25(31)24(16-22)30(34,35)36/h2-4,9-16,19,21H,5-8,17-18H2,1H3,(H,37,41). The molecule has 3 aromatic rings. The third-order valence-electron chi connectivity index (χ3n) is 7.36. The number of nitrogens with zero attached hydrogens (tertiary/aromatic N) is 2. The molecule has 44 heavy (non-hydrogen) atoms. The summed E-state index contributed by atoms with van der Waals surface area (Å²) in [5.74, 6) is -1.29. The molecule has 1 saturated carbocycles. The Balaban J connectivity index is 1.75. The lowest BCUT2D eigenvalue weighted by molar-refractivity contribution is -0.139. The molecule has 0 saturated heterocycles. The summed E-state index contributed by atoms with van der Waals surface area (Å²) in [6.07, 6.45) is -1.40. The zero-order valence-electron chi connectivity index (χ0n) is 23.5. The second kappa shape index (κ2) is 14.0. The fourth-order valence-corrected chi connectivity index (χ4v) is 6.92. The lowest BCUT2D eigenvalue weighted by atomic mass is 10.1. The van der Waals surface area contributed by atoms with E-state index in [1.54, 1.807) is 12.1 Å². The van der Waals surface area contributed by atoms with Gasteiger partial charge < -0.3 is 10.2 Å². The third kappa shape index (κ3) is 7.99. The second-order valence-electron chi connectivity index (χ2n) is 10.4. The third-order valence-corrected chi connectivity index (χ3v) is 10.2. The highest BCUT2D eigenvalue weighted by atomic mass is 35.5. The molecule has 0 radical (unpaired) electrons. The molecule has 0 aliphatic heterocycles. The van der Waals surface area contributed by atoms with Crippen molar-refractivity contribution in [2.45, 2.75) is 62.3 Å². The summed E-state index contributed by atoms with van der Waals surface area (Å²) in [6, 6.07) is 13.1. The number of sulfonamides is 1. The molecule has 0 heterocycles. The van der Waals surface area contributed by atoms with E-state index in [4.69, 9.17) is 34.8 Å². The van der Waals surface area contributed by atoms with E-state index < -0.39 is 56.9 Å². The molecule has 1 aliphatic rings. The smallest absolute Gasteiger partial charge is 0.352 e. The van der Waals surface area contributed by atoms with Crippen molar-refractivity contribution in [3.05, 3.63) is 92.9 Å². The Kier molecular flexibility index (Phi) is 10.8. The number of carbonyl (C=O) groups excluding carboxylic acids is 2. The maximum Gasteiger partial charge on any atom is 0.417 e. The van der Waals surface area contributed by atoms with E-state index >= 15 is 0 Å². The molecule has 4 rings (SSSR count). The molecule has 0 spiro atoms. The fraction of sp³-hybridized carbons (Fsp3) is 0.333. The van der Waals surface area contributed by atoms with E-state index in [0.717, 1.165) is 42.7 Å². The van der Waals surface area contributed by atoms with Gasteiger partial charge >= 0.3 is 6.18 Å². The van der Waals surface area contributed by atoms with Crippen LogP contribution in [-0.4, -0.2) is 43.8 Å². The van der Waals surface area contributed by atoms with Crippen LogP contribution in [0, 0.1) is 0 Å². The number of carbonyl (C=O) groups is 2. The first-order chi connectivity index (χ1) is 20.7. The van der Waals surface area contributed by atoms with Crippen molar-refractivity contribution in [1.29, 1.82) is 0 Å². The average molecular weight is 691 g/mol. The molecule has 1 N–H and O–H groups in total. The van der Waals surface area contributed by atoms with Crippen molar-refractivity contribution >= 4 is 62.3 Å². The normalized spacial score (nSPS) is 14.7. The number of alkyl halides is 3. The summed E-state index contributed by atoms with van der Waals surface area (Å²) in [6.45, 7) is 0.418. The lowest BCUT2D eigenvalue weighted by Crippen LogP contribution is -2.52. The van der Waals surface area contributed by atoms with Crippen LogP contribution in [-0.2, 0) is 32.3 Å². The maximum absolute atomic E-state index is 14.0. The van der Waals surface area contributed by atoms with E-state index in [9.17, 15) is 31.2 Å². The minimum atomic E-state index is -4.90. The van der Waals surface area contributed by atoms with Crippen LogP contribution in [0.2, 0.25) is 15.1 Å². The highest BCUT2D eigenvalue weighted by Gasteiger charge is 2.37. The van der Waals surface area contributed by atoms with Gasteiger partial charge in [0.15, 0.2) is 0 Å². The minimum absolute atomic E-state index is 0.0586. The van der Waals surface area contributed by atoms with Gasteiger partial charge in [0.05, 0.1) is 31.2 Å². The van der Waals surface area contributed by atoms with Crippen molar-refractivity contribution < 1.29 is 31.2 Å². The van der Waals surface area contributed by atoms with Gasteiger partial charge in [0.2, 0.25) is 11.8 Å². The van der Waals surface area contributed by atoms with Gasteiger partial charge in [-0.3, -0.25) is 13.9 Å². The van der Waals surface area contributed by atoms with Gasteiger partial charge in [0.1, 0.15) is 12.6 Å². The van der Waals surface area contributed by atoms with Crippen LogP contribution in [0.1, 0.15) is 43.7 Å². The Morgan fingerprint density at radius 3 is 2.18 bits per heavy atom. The number of rotatable bonds is 10. The number of amides is 2. The van der Waals surface area contributed by atoms with E-state index in [1.807, 2.05) is 0 Å². The van der Waals surface area contributed by atoms with Crippen LogP contribution >= 0.6 is 34.8 Å². The fourth-order valence-electron chi connectivity index (χ4n) is 4.94. The van der Waals surface area contributed by atoms with Gasteiger partial charge in [-0.1, -0.05) is 71.9 Å². The Morgan fingerprint density at radius 2 is 1.57 bits per heavy atom. The Labute approximate surface area is 268 Å². The number of nitrogens with one attached hydrogen (secondary N) is 1. The largest absolute Gasteiger partial charge is 0.417 e. The second-order valence-corrected chi connectivity index (χ2v) is 13.5. The first-order valence-corrected chi connectivity index (χ1v) is 16.2. The molecule has 0 bridgehead atoms. The van der Waals surface area contributed by atoms with Gasteiger partial charge in [-0.05, 0) is 67.8 Å². The van der Waals surface area contributed by atoms with Crippen LogP contribution < -0.4 is 9.62 Å². The van der Waals surface area contributed by atoms with Crippen LogP contribution in [0.3, 0.4) is 0 Å². The van der Waals surface area contributed by atoms with E-state index in [0.29, 0.717) is 15.9 Å². The van der Waals surface area contributed by atoms with Crippen molar-refractivity contribution in [3.8, 4) is 0 Å². The topological polar surface area (TPSA) is 86.8 Å². The van der Waals surface area contributed by atoms with Crippen molar-refractivity contribution in [2.24, 2.45) is 0 Å². The summed E-state index contributed by atoms with van der Waals surface area (Å²) in [7, 11) is -4.57.